The highest BCUT2D eigenvalue weighted by Crippen LogP contribution is 2.20. The average molecular weight is 520 g/mol. The molecule has 0 atom stereocenters. The van der Waals surface area contributed by atoms with Crippen LogP contribution in [-0.2, 0) is 7.05 Å². The van der Waals surface area contributed by atoms with E-state index >= 15 is 0 Å². The van der Waals surface area contributed by atoms with Crippen molar-refractivity contribution >= 4 is 11.9 Å². The van der Waals surface area contributed by atoms with Gasteiger partial charge in [-0.05, 0) is 81.3 Å². The van der Waals surface area contributed by atoms with Gasteiger partial charge in [-0.1, -0.05) is 25.7 Å². The fraction of sp³-hybridized carbons (Fsp3) is 0.387. The molecule has 2 aromatic carbocycles. The zero-order valence-electron chi connectivity index (χ0n) is 22.7. The fourth-order valence-electron chi connectivity index (χ4n) is 3.86. The van der Waals surface area contributed by atoms with Crippen LogP contribution >= 0.6 is 0 Å². The smallest absolute Gasteiger partial charge is 0.343 e. The van der Waals surface area contributed by atoms with E-state index in [-0.39, 0.29) is 12.0 Å². The monoisotopic (exact) mass is 519 g/mol. The van der Waals surface area contributed by atoms with Crippen LogP contribution in [0.3, 0.4) is 0 Å². The number of nitrogens with one attached hydrogen (secondary N) is 1. The van der Waals surface area contributed by atoms with Gasteiger partial charge in [0.25, 0.3) is 5.91 Å². The van der Waals surface area contributed by atoms with Gasteiger partial charge in [-0.15, -0.1) is 0 Å². The molecule has 0 aliphatic heterocycles. The van der Waals surface area contributed by atoms with Crippen LogP contribution in [0, 0.1) is 0 Å². The minimum atomic E-state index is -0.414. The molecule has 0 saturated heterocycles. The highest BCUT2D eigenvalue weighted by Gasteiger charge is 2.10. The summed E-state index contributed by atoms with van der Waals surface area (Å²) in [7, 11) is 1.91. The Balaban J connectivity index is 1.23. The second-order valence-electron chi connectivity index (χ2n) is 9.54. The number of hydrogen-bond acceptors (Lipinski definition) is 5. The van der Waals surface area contributed by atoms with Crippen molar-refractivity contribution in [2.24, 2.45) is 7.05 Å². The molecule has 1 N–H and O–H groups in total. The van der Waals surface area contributed by atoms with E-state index in [0.29, 0.717) is 30.0 Å². The van der Waals surface area contributed by atoms with Crippen molar-refractivity contribution in [1.29, 1.82) is 0 Å². The summed E-state index contributed by atoms with van der Waals surface area (Å²) in [4.78, 5) is 24.5. The lowest BCUT2D eigenvalue weighted by Crippen LogP contribution is -2.31. The quantitative estimate of drug-likeness (QED) is 0.121. The molecule has 0 fully saturated rings. The van der Waals surface area contributed by atoms with Crippen LogP contribution in [0.1, 0.15) is 73.1 Å². The number of benzene rings is 2. The molecule has 0 bridgehead atoms. The third-order valence-corrected chi connectivity index (χ3v) is 5.82. The van der Waals surface area contributed by atoms with Gasteiger partial charge < -0.3 is 19.5 Å². The molecule has 202 valence electrons. The topological polar surface area (TPSA) is 77.7 Å². The SMILES string of the molecule is CC(C)Oc1ccc(C(=O)Oc2ccc(OCCCCCCCCNC(=O)c3ccc[n+](C)c3)cc2)cc1. The average Bonchev–Trinajstić information content (AvgIpc) is 2.90. The second-order valence-corrected chi connectivity index (χ2v) is 9.54. The minimum Gasteiger partial charge on any atom is -0.494 e. The Labute approximate surface area is 225 Å². The first-order chi connectivity index (χ1) is 18.4. The second kappa shape index (κ2) is 15.4. The highest BCUT2D eigenvalue weighted by atomic mass is 16.5. The molecule has 1 aromatic heterocycles. The predicted octanol–water partition coefficient (Wildman–Crippen LogP) is 5.67. The molecule has 0 unspecified atom stereocenters. The van der Waals surface area contributed by atoms with Gasteiger partial charge >= 0.3 is 5.97 Å². The van der Waals surface area contributed by atoms with Gasteiger partial charge in [0, 0.05) is 12.6 Å². The zero-order chi connectivity index (χ0) is 27.2. The Bertz CT molecular complexity index is 1140. The zero-order valence-corrected chi connectivity index (χ0v) is 22.7. The molecule has 3 rings (SSSR count). The van der Waals surface area contributed by atoms with Gasteiger partial charge in [-0.25, -0.2) is 9.36 Å². The van der Waals surface area contributed by atoms with Crippen LogP contribution in [0.2, 0.25) is 0 Å². The molecule has 0 spiro atoms. The van der Waals surface area contributed by atoms with Crippen LogP contribution in [0.5, 0.6) is 17.2 Å². The molecule has 0 aliphatic carbocycles. The molecule has 1 heterocycles. The van der Waals surface area contributed by atoms with Crippen LogP contribution in [-0.4, -0.2) is 31.1 Å². The molecule has 0 saturated carbocycles. The van der Waals surface area contributed by atoms with E-state index in [1.165, 1.54) is 0 Å². The van der Waals surface area contributed by atoms with Crippen molar-refractivity contribution < 1.29 is 28.4 Å². The number of rotatable bonds is 15. The van der Waals surface area contributed by atoms with Crippen molar-refractivity contribution in [3.05, 3.63) is 84.2 Å². The van der Waals surface area contributed by atoms with Crippen LogP contribution < -0.4 is 24.1 Å². The normalized spacial score (nSPS) is 10.7. The summed E-state index contributed by atoms with van der Waals surface area (Å²) in [5, 5.41) is 2.98. The van der Waals surface area contributed by atoms with Crippen molar-refractivity contribution in [1.82, 2.24) is 5.32 Å². The summed E-state index contributed by atoms with van der Waals surface area (Å²) < 4.78 is 18.7. The Morgan fingerprint density at radius 1 is 0.789 bits per heavy atom. The Morgan fingerprint density at radius 2 is 1.42 bits per heavy atom. The largest absolute Gasteiger partial charge is 0.494 e. The summed E-state index contributed by atoms with van der Waals surface area (Å²) in [6.45, 7) is 5.26. The Hall–Kier alpha value is -3.87. The molecule has 7 heteroatoms. The number of amides is 1. The number of aromatic nitrogens is 1. The van der Waals surface area contributed by atoms with Gasteiger partial charge in [-0.2, -0.15) is 0 Å². The Kier molecular flexibility index (Phi) is 11.6. The van der Waals surface area contributed by atoms with Crippen molar-refractivity contribution in [2.75, 3.05) is 13.2 Å². The third-order valence-electron chi connectivity index (χ3n) is 5.82. The molecule has 0 aliphatic rings. The summed E-state index contributed by atoms with van der Waals surface area (Å²) in [5.41, 5.74) is 1.15. The first kappa shape index (κ1) is 28.7. The lowest BCUT2D eigenvalue weighted by atomic mass is 10.1. The number of nitrogens with zero attached hydrogens (tertiary/aromatic N) is 1. The lowest BCUT2D eigenvalue weighted by Gasteiger charge is -2.10. The Morgan fingerprint density at radius 3 is 2.11 bits per heavy atom. The number of aryl methyl sites for hydroxylation is 1. The van der Waals surface area contributed by atoms with Gasteiger partial charge in [0.2, 0.25) is 0 Å². The van der Waals surface area contributed by atoms with E-state index in [9.17, 15) is 9.59 Å². The molecule has 3 aromatic rings. The lowest BCUT2D eigenvalue weighted by molar-refractivity contribution is -0.671. The maximum absolute atomic E-state index is 12.4. The molecule has 38 heavy (non-hydrogen) atoms. The fourth-order valence-corrected chi connectivity index (χ4v) is 3.86. The number of carbonyl (C=O) groups is 2. The summed E-state index contributed by atoms with van der Waals surface area (Å²) in [6.07, 6.45) is 10.3. The van der Waals surface area contributed by atoms with Crippen molar-refractivity contribution in [2.45, 2.75) is 58.5 Å². The highest BCUT2D eigenvalue weighted by molar-refractivity contribution is 5.93. The summed E-state index contributed by atoms with van der Waals surface area (Å²) in [6, 6.07) is 17.7. The maximum Gasteiger partial charge on any atom is 0.343 e. The van der Waals surface area contributed by atoms with E-state index in [2.05, 4.69) is 5.32 Å². The van der Waals surface area contributed by atoms with Crippen LogP contribution in [0.25, 0.3) is 0 Å². The predicted molar refractivity (Wildman–Crippen MR) is 147 cm³/mol. The van der Waals surface area contributed by atoms with Crippen LogP contribution in [0.15, 0.2) is 73.1 Å². The molecular weight excluding hydrogens is 480 g/mol. The first-order valence-corrected chi connectivity index (χ1v) is 13.4. The number of hydrogen-bond donors (Lipinski definition) is 1. The standard InChI is InChI=1S/C31H38N2O5/c1-24(2)37-28-14-12-25(13-15-28)31(35)38-29-18-16-27(17-19-29)36-22-9-7-5-4-6-8-20-32-30(34)26-11-10-21-33(3)23-26/h10-19,21,23-24H,4-9,20,22H2,1-3H3/p+1. The molecule has 0 radical (unpaired) electrons. The number of ether oxygens (including phenoxy) is 3. The van der Waals surface area contributed by atoms with Crippen LogP contribution in [0.4, 0.5) is 0 Å². The molecule has 7 nitrogen and oxygen atoms in total. The van der Waals surface area contributed by atoms with E-state index in [1.54, 1.807) is 36.4 Å². The molecular formula is C31H39N2O5+. The van der Waals surface area contributed by atoms with Gasteiger partial charge in [0.1, 0.15) is 29.9 Å². The number of esters is 1. The van der Waals surface area contributed by atoms with E-state index in [4.69, 9.17) is 14.2 Å². The van der Waals surface area contributed by atoms with Crippen molar-refractivity contribution in [3.63, 3.8) is 0 Å². The number of unbranched alkanes of at least 4 members (excludes halogenated alkanes) is 5. The van der Waals surface area contributed by atoms with E-state index < -0.39 is 5.97 Å². The van der Waals surface area contributed by atoms with Gasteiger partial charge in [0.15, 0.2) is 12.4 Å². The van der Waals surface area contributed by atoms with E-state index in [0.717, 1.165) is 50.0 Å². The number of pyridine rings is 1. The van der Waals surface area contributed by atoms with E-state index in [1.807, 2.05) is 62.1 Å². The minimum absolute atomic E-state index is 0.0214. The van der Waals surface area contributed by atoms with Gasteiger partial charge in [-0.3, -0.25) is 4.79 Å². The maximum atomic E-state index is 12.4. The summed E-state index contributed by atoms with van der Waals surface area (Å²) in [5.74, 6) is 1.51. The summed E-state index contributed by atoms with van der Waals surface area (Å²) >= 11 is 0. The third kappa shape index (κ3) is 10.2. The van der Waals surface area contributed by atoms with Crippen molar-refractivity contribution in [3.8, 4) is 17.2 Å². The molecule has 1 amide bonds. The first-order valence-electron chi connectivity index (χ1n) is 13.4. The number of carbonyl (C=O) groups excluding carboxylic acids is 2. The van der Waals surface area contributed by atoms with Gasteiger partial charge in [0.05, 0.1) is 18.3 Å².